The quantitative estimate of drug-likeness (QED) is 0.794. The van der Waals surface area contributed by atoms with Gasteiger partial charge in [-0.15, -0.1) is 5.10 Å². The molecule has 1 aliphatic rings. The molecule has 3 rings (SSSR count). The first kappa shape index (κ1) is 14.6. The molecular formula is C14H15BrN4OS. The molecule has 0 bridgehead atoms. The Morgan fingerprint density at radius 2 is 2.33 bits per heavy atom. The lowest BCUT2D eigenvalue weighted by molar-refractivity contribution is -0.113. The lowest BCUT2D eigenvalue weighted by Crippen LogP contribution is -2.14. The van der Waals surface area contributed by atoms with E-state index in [1.165, 1.54) is 24.6 Å². The van der Waals surface area contributed by atoms with Crippen molar-refractivity contribution in [2.75, 3.05) is 11.1 Å². The van der Waals surface area contributed by atoms with Crippen LogP contribution < -0.4 is 5.32 Å². The summed E-state index contributed by atoms with van der Waals surface area (Å²) < 4.78 is 1.03. The zero-order chi connectivity index (χ0) is 14.8. The fourth-order valence-electron chi connectivity index (χ4n) is 1.91. The van der Waals surface area contributed by atoms with Crippen molar-refractivity contribution in [3.05, 3.63) is 34.1 Å². The van der Waals surface area contributed by atoms with Gasteiger partial charge >= 0.3 is 0 Å². The van der Waals surface area contributed by atoms with E-state index in [9.17, 15) is 4.79 Å². The molecule has 0 unspecified atom stereocenters. The number of carbonyl (C=O) groups is 1. The van der Waals surface area contributed by atoms with E-state index in [1.54, 1.807) is 0 Å². The second kappa shape index (κ2) is 6.19. The number of halogens is 1. The molecule has 1 fully saturated rings. The van der Waals surface area contributed by atoms with E-state index < -0.39 is 0 Å². The fourth-order valence-corrected chi connectivity index (χ4v) is 2.76. The molecule has 1 saturated carbocycles. The van der Waals surface area contributed by atoms with Crippen LogP contribution in [0.15, 0.2) is 27.8 Å². The highest BCUT2D eigenvalue weighted by Crippen LogP contribution is 2.38. The van der Waals surface area contributed by atoms with Gasteiger partial charge in [-0.1, -0.05) is 27.7 Å². The summed E-state index contributed by atoms with van der Waals surface area (Å²) in [6, 6.07) is 5.73. The van der Waals surface area contributed by atoms with E-state index in [1.807, 2.05) is 25.1 Å². The van der Waals surface area contributed by atoms with Gasteiger partial charge in [0, 0.05) is 16.1 Å². The Morgan fingerprint density at radius 1 is 1.52 bits per heavy atom. The number of anilines is 1. The number of carbonyl (C=O) groups excluding carboxylic acids is 1. The van der Waals surface area contributed by atoms with Crippen LogP contribution in [-0.4, -0.2) is 26.8 Å². The second-order valence-corrected chi connectivity index (χ2v) is 6.88. The van der Waals surface area contributed by atoms with E-state index >= 15 is 0 Å². The topological polar surface area (TPSA) is 70.7 Å². The lowest BCUT2D eigenvalue weighted by Gasteiger charge is -2.06. The van der Waals surface area contributed by atoms with Gasteiger partial charge in [0.2, 0.25) is 11.1 Å². The van der Waals surface area contributed by atoms with Crippen molar-refractivity contribution >= 4 is 39.3 Å². The summed E-state index contributed by atoms with van der Waals surface area (Å²) in [6.45, 7) is 1.99. The monoisotopic (exact) mass is 366 g/mol. The number of nitrogens with one attached hydrogen (secondary N) is 2. The van der Waals surface area contributed by atoms with Crippen LogP contribution in [0.3, 0.4) is 0 Å². The van der Waals surface area contributed by atoms with Gasteiger partial charge in [0.25, 0.3) is 0 Å². The summed E-state index contributed by atoms with van der Waals surface area (Å²) in [6.07, 6.45) is 2.37. The van der Waals surface area contributed by atoms with Gasteiger partial charge in [-0.3, -0.25) is 9.89 Å². The van der Waals surface area contributed by atoms with Crippen LogP contribution in [0.2, 0.25) is 0 Å². The number of aromatic nitrogens is 3. The maximum Gasteiger partial charge on any atom is 0.234 e. The van der Waals surface area contributed by atoms with Gasteiger partial charge in [-0.05, 0) is 43.5 Å². The maximum absolute atomic E-state index is 11.9. The molecule has 0 spiro atoms. The lowest BCUT2D eigenvalue weighted by atomic mass is 10.2. The van der Waals surface area contributed by atoms with Crippen LogP contribution >= 0.6 is 27.7 Å². The number of aromatic amines is 1. The number of nitrogens with zero attached hydrogens (tertiary/aromatic N) is 2. The van der Waals surface area contributed by atoms with E-state index in [4.69, 9.17) is 0 Å². The van der Waals surface area contributed by atoms with Crippen molar-refractivity contribution in [3.63, 3.8) is 0 Å². The Morgan fingerprint density at radius 3 is 3.05 bits per heavy atom. The molecule has 0 atom stereocenters. The Kier molecular flexibility index (Phi) is 4.30. The second-order valence-electron chi connectivity index (χ2n) is 5.08. The van der Waals surface area contributed by atoms with E-state index in [0.717, 1.165) is 21.5 Å². The van der Waals surface area contributed by atoms with Crippen LogP contribution in [-0.2, 0) is 4.79 Å². The Bertz CT molecular complexity index is 669. The van der Waals surface area contributed by atoms with Crippen LogP contribution in [0, 0.1) is 6.92 Å². The van der Waals surface area contributed by atoms with Gasteiger partial charge in [-0.2, -0.15) is 0 Å². The maximum atomic E-state index is 11.9. The zero-order valence-electron chi connectivity index (χ0n) is 11.5. The van der Waals surface area contributed by atoms with Gasteiger partial charge in [0.1, 0.15) is 5.82 Å². The molecule has 0 radical (unpaired) electrons. The third kappa shape index (κ3) is 3.85. The standard InChI is InChI=1S/C14H15BrN4OS/c1-8-6-10(4-5-11(8)15)16-12(20)7-21-14-17-13(18-19-14)9-2-3-9/h4-6,9H,2-3,7H2,1H3,(H,16,20)(H,17,18,19). The SMILES string of the molecule is Cc1cc(NC(=O)CSc2n[nH]c(C3CC3)n2)ccc1Br. The molecule has 110 valence electrons. The minimum absolute atomic E-state index is 0.0560. The Balaban J connectivity index is 1.52. The number of aryl methyl sites for hydroxylation is 1. The summed E-state index contributed by atoms with van der Waals surface area (Å²) in [5, 5.41) is 10.6. The van der Waals surface area contributed by atoms with Crippen molar-refractivity contribution in [1.29, 1.82) is 0 Å². The Hall–Kier alpha value is -1.34. The summed E-state index contributed by atoms with van der Waals surface area (Å²) in [7, 11) is 0. The van der Waals surface area contributed by atoms with Crippen LogP contribution in [0.1, 0.15) is 30.1 Å². The molecule has 2 aromatic rings. The number of hydrogen-bond donors (Lipinski definition) is 2. The van der Waals surface area contributed by atoms with Crippen molar-refractivity contribution in [2.24, 2.45) is 0 Å². The summed E-state index contributed by atoms with van der Waals surface area (Å²) in [5.74, 6) is 1.74. The van der Waals surface area contributed by atoms with E-state index in [-0.39, 0.29) is 5.91 Å². The molecule has 1 aromatic carbocycles. The molecule has 1 amide bonds. The minimum Gasteiger partial charge on any atom is -0.325 e. The highest BCUT2D eigenvalue weighted by atomic mass is 79.9. The van der Waals surface area contributed by atoms with Gasteiger partial charge < -0.3 is 5.32 Å². The first-order chi connectivity index (χ1) is 10.1. The largest absolute Gasteiger partial charge is 0.325 e. The number of thioether (sulfide) groups is 1. The summed E-state index contributed by atoms with van der Waals surface area (Å²) >= 11 is 4.79. The van der Waals surface area contributed by atoms with Gasteiger partial charge in [0.15, 0.2) is 0 Å². The third-order valence-electron chi connectivity index (χ3n) is 3.22. The summed E-state index contributed by atoms with van der Waals surface area (Å²) in [5.41, 5.74) is 1.89. The Labute approximate surface area is 135 Å². The van der Waals surface area contributed by atoms with Gasteiger partial charge in [0.05, 0.1) is 5.75 Å². The van der Waals surface area contributed by atoms with E-state index in [0.29, 0.717) is 16.8 Å². The molecule has 1 aromatic heterocycles. The first-order valence-electron chi connectivity index (χ1n) is 6.73. The van der Waals surface area contributed by atoms with Crippen LogP contribution in [0.4, 0.5) is 5.69 Å². The van der Waals surface area contributed by atoms with Crippen molar-refractivity contribution < 1.29 is 4.79 Å². The normalized spacial score (nSPS) is 14.2. The molecule has 7 heteroatoms. The number of hydrogen-bond acceptors (Lipinski definition) is 4. The number of H-pyrrole nitrogens is 1. The van der Waals surface area contributed by atoms with Crippen molar-refractivity contribution in [3.8, 4) is 0 Å². The number of benzene rings is 1. The van der Waals surface area contributed by atoms with Crippen molar-refractivity contribution in [1.82, 2.24) is 15.2 Å². The van der Waals surface area contributed by atoms with E-state index in [2.05, 4.69) is 36.4 Å². The first-order valence-corrected chi connectivity index (χ1v) is 8.51. The number of amides is 1. The minimum atomic E-state index is -0.0560. The zero-order valence-corrected chi connectivity index (χ0v) is 13.9. The molecule has 2 N–H and O–H groups in total. The third-order valence-corrected chi connectivity index (χ3v) is 4.96. The molecule has 5 nitrogen and oxygen atoms in total. The molecule has 21 heavy (non-hydrogen) atoms. The highest BCUT2D eigenvalue weighted by Gasteiger charge is 2.27. The van der Waals surface area contributed by atoms with Crippen LogP contribution in [0.25, 0.3) is 0 Å². The molecular weight excluding hydrogens is 352 g/mol. The molecule has 1 aliphatic carbocycles. The van der Waals surface area contributed by atoms with Crippen molar-refractivity contribution in [2.45, 2.75) is 30.8 Å². The fraction of sp³-hybridized carbons (Fsp3) is 0.357. The molecule has 1 heterocycles. The molecule has 0 saturated heterocycles. The van der Waals surface area contributed by atoms with Crippen LogP contribution in [0.5, 0.6) is 0 Å². The average molecular weight is 367 g/mol. The molecule has 0 aliphatic heterocycles. The number of rotatable bonds is 5. The predicted molar refractivity (Wildman–Crippen MR) is 86.6 cm³/mol. The summed E-state index contributed by atoms with van der Waals surface area (Å²) in [4.78, 5) is 16.3. The average Bonchev–Trinajstić information content (AvgIpc) is 3.20. The van der Waals surface area contributed by atoms with Gasteiger partial charge in [-0.25, -0.2) is 4.98 Å². The highest BCUT2D eigenvalue weighted by molar-refractivity contribution is 9.10. The predicted octanol–water partition coefficient (Wildman–Crippen LogP) is 3.48. The smallest absolute Gasteiger partial charge is 0.234 e.